The smallest absolute Gasteiger partial charge is 0.0682 e. The van der Waals surface area contributed by atoms with E-state index in [4.69, 9.17) is 0 Å². The minimum atomic E-state index is -0.673. The van der Waals surface area contributed by atoms with Gasteiger partial charge in [-0.1, -0.05) is 13.8 Å². The molecule has 0 aliphatic rings. The molecule has 0 amide bonds. The molecule has 0 spiro atoms. The first-order valence-electron chi connectivity index (χ1n) is 4.11. The topological polar surface area (TPSA) is 20.2 Å². The van der Waals surface area contributed by atoms with Gasteiger partial charge in [0.2, 0.25) is 0 Å². The van der Waals surface area contributed by atoms with Gasteiger partial charge in [-0.05, 0) is 36.2 Å². The summed E-state index contributed by atoms with van der Waals surface area (Å²) >= 11 is 1.67. The number of rotatable bonds is 2. The number of hydrogen-bond donors (Lipinski definition) is 1. The van der Waals surface area contributed by atoms with E-state index < -0.39 is 5.60 Å². The molecule has 0 aliphatic heterocycles. The van der Waals surface area contributed by atoms with Crippen molar-refractivity contribution < 1.29 is 5.11 Å². The lowest BCUT2D eigenvalue weighted by Gasteiger charge is -2.36. The number of aliphatic hydroxyl groups is 1. The Kier molecular flexibility index (Phi) is 2.32. The Morgan fingerprint density at radius 1 is 1.25 bits per heavy atom. The second kappa shape index (κ2) is 2.86. The highest BCUT2D eigenvalue weighted by Gasteiger charge is 2.36. The molecule has 68 valence electrons. The summed E-state index contributed by atoms with van der Waals surface area (Å²) in [5.41, 5.74) is 0.362. The maximum Gasteiger partial charge on any atom is 0.0682 e. The molecular formula is C10H16OS. The standard InChI is InChI=1S/C10H16OS/c1-9(2,10(3,4)11)8-5-6-12-7-8/h5-7,11H,1-4H3. The van der Waals surface area contributed by atoms with Gasteiger partial charge in [0.15, 0.2) is 0 Å². The van der Waals surface area contributed by atoms with Gasteiger partial charge in [-0.2, -0.15) is 11.3 Å². The second-order valence-corrected chi connectivity index (χ2v) is 4.98. The van der Waals surface area contributed by atoms with Gasteiger partial charge < -0.3 is 5.11 Å². The van der Waals surface area contributed by atoms with Crippen LogP contribution < -0.4 is 0 Å². The quantitative estimate of drug-likeness (QED) is 0.749. The predicted octanol–water partition coefficient (Wildman–Crippen LogP) is 2.80. The van der Waals surface area contributed by atoms with Crippen LogP contribution in [0.3, 0.4) is 0 Å². The Balaban J connectivity index is 3.02. The highest BCUT2D eigenvalue weighted by atomic mass is 32.1. The van der Waals surface area contributed by atoms with Crippen LogP contribution in [0.4, 0.5) is 0 Å². The lowest BCUT2D eigenvalue weighted by atomic mass is 9.73. The molecule has 12 heavy (non-hydrogen) atoms. The first-order chi connectivity index (χ1) is 5.36. The average molecular weight is 184 g/mol. The zero-order chi connectivity index (χ0) is 9.41. The molecule has 0 fully saturated rings. The van der Waals surface area contributed by atoms with Gasteiger partial charge >= 0.3 is 0 Å². The normalized spacial score (nSPS) is 13.4. The molecule has 0 saturated heterocycles. The van der Waals surface area contributed by atoms with Crippen LogP contribution in [0.25, 0.3) is 0 Å². The first-order valence-corrected chi connectivity index (χ1v) is 5.05. The molecule has 0 bridgehead atoms. The fourth-order valence-electron chi connectivity index (χ4n) is 0.973. The van der Waals surface area contributed by atoms with Crippen LogP contribution in [0.2, 0.25) is 0 Å². The van der Waals surface area contributed by atoms with Gasteiger partial charge in [0.1, 0.15) is 0 Å². The van der Waals surface area contributed by atoms with Gasteiger partial charge in [0, 0.05) is 5.41 Å². The third kappa shape index (κ3) is 1.54. The Morgan fingerprint density at radius 3 is 2.17 bits per heavy atom. The van der Waals surface area contributed by atoms with Crippen molar-refractivity contribution in [2.24, 2.45) is 0 Å². The summed E-state index contributed by atoms with van der Waals surface area (Å²) in [4.78, 5) is 0. The summed E-state index contributed by atoms with van der Waals surface area (Å²) in [6.45, 7) is 7.83. The third-order valence-corrected chi connectivity index (χ3v) is 3.46. The molecule has 0 aromatic carbocycles. The predicted molar refractivity (Wildman–Crippen MR) is 53.6 cm³/mol. The van der Waals surface area contributed by atoms with E-state index in [9.17, 15) is 5.11 Å². The van der Waals surface area contributed by atoms with E-state index in [1.54, 1.807) is 11.3 Å². The number of hydrogen-bond acceptors (Lipinski definition) is 2. The zero-order valence-electron chi connectivity index (χ0n) is 8.09. The molecule has 1 heterocycles. The van der Waals surface area contributed by atoms with E-state index in [-0.39, 0.29) is 5.41 Å². The second-order valence-electron chi connectivity index (χ2n) is 4.20. The summed E-state index contributed by atoms with van der Waals surface area (Å²) < 4.78 is 0. The van der Waals surface area contributed by atoms with E-state index in [0.717, 1.165) is 0 Å². The van der Waals surface area contributed by atoms with E-state index in [2.05, 4.69) is 25.3 Å². The molecular weight excluding hydrogens is 168 g/mol. The lowest BCUT2D eigenvalue weighted by Crippen LogP contribution is -2.42. The molecule has 1 N–H and O–H groups in total. The Bertz CT molecular complexity index is 241. The molecule has 0 aliphatic carbocycles. The summed E-state index contributed by atoms with van der Waals surface area (Å²) in [6, 6.07) is 2.07. The largest absolute Gasteiger partial charge is 0.390 e. The van der Waals surface area contributed by atoms with Crippen LogP contribution in [-0.4, -0.2) is 10.7 Å². The SMILES string of the molecule is CC(C)(O)C(C)(C)c1ccsc1. The molecule has 1 nitrogen and oxygen atoms in total. The zero-order valence-corrected chi connectivity index (χ0v) is 8.90. The van der Waals surface area contributed by atoms with Gasteiger partial charge in [0.25, 0.3) is 0 Å². The molecule has 0 radical (unpaired) electrons. The van der Waals surface area contributed by atoms with E-state index in [0.29, 0.717) is 0 Å². The van der Waals surface area contributed by atoms with Crippen molar-refractivity contribution in [3.05, 3.63) is 22.4 Å². The molecule has 0 atom stereocenters. The van der Waals surface area contributed by atoms with Crippen LogP contribution >= 0.6 is 11.3 Å². The van der Waals surface area contributed by atoms with Crippen molar-refractivity contribution in [1.29, 1.82) is 0 Å². The maximum atomic E-state index is 9.92. The molecule has 1 aromatic heterocycles. The van der Waals surface area contributed by atoms with Gasteiger partial charge in [-0.15, -0.1) is 0 Å². The van der Waals surface area contributed by atoms with Crippen LogP contribution in [0.1, 0.15) is 33.3 Å². The molecule has 1 aromatic rings. The molecule has 0 saturated carbocycles. The summed E-state index contributed by atoms with van der Waals surface area (Å²) in [7, 11) is 0. The van der Waals surface area contributed by atoms with Gasteiger partial charge in [-0.3, -0.25) is 0 Å². The summed E-state index contributed by atoms with van der Waals surface area (Å²) in [6.07, 6.45) is 0. The average Bonchev–Trinajstić information content (AvgIpc) is 2.34. The molecule has 2 heteroatoms. The Hall–Kier alpha value is -0.340. The van der Waals surface area contributed by atoms with Crippen LogP contribution in [0, 0.1) is 0 Å². The van der Waals surface area contributed by atoms with Crippen molar-refractivity contribution in [3.63, 3.8) is 0 Å². The van der Waals surface area contributed by atoms with E-state index >= 15 is 0 Å². The maximum absolute atomic E-state index is 9.92. The fraction of sp³-hybridized carbons (Fsp3) is 0.600. The Labute approximate surface area is 78.1 Å². The first kappa shape index (κ1) is 9.75. The highest BCUT2D eigenvalue weighted by Crippen LogP contribution is 2.35. The van der Waals surface area contributed by atoms with Crippen molar-refractivity contribution >= 4 is 11.3 Å². The minimum absolute atomic E-state index is 0.174. The molecule has 1 rings (SSSR count). The van der Waals surface area contributed by atoms with Crippen LogP contribution in [-0.2, 0) is 5.41 Å². The van der Waals surface area contributed by atoms with Crippen LogP contribution in [0.5, 0.6) is 0 Å². The third-order valence-electron chi connectivity index (χ3n) is 2.77. The van der Waals surface area contributed by atoms with Gasteiger partial charge in [0.05, 0.1) is 5.60 Å². The van der Waals surface area contributed by atoms with Crippen molar-refractivity contribution in [2.75, 3.05) is 0 Å². The Morgan fingerprint density at radius 2 is 1.83 bits per heavy atom. The monoisotopic (exact) mass is 184 g/mol. The van der Waals surface area contributed by atoms with Crippen molar-refractivity contribution in [2.45, 2.75) is 38.7 Å². The fourth-order valence-corrected chi connectivity index (χ4v) is 1.80. The highest BCUT2D eigenvalue weighted by molar-refractivity contribution is 7.08. The minimum Gasteiger partial charge on any atom is -0.390 e. The van der Waals surface area contributed by atoms with Crippen LogP contribution in [0.15, 0.2) is 16.8 Å². The molecule has 0 unspecified atom stereocenters. The number of thiophene rings is 1. The summed E-state index contributed by atoms with van der Waals surface area (Å²) in [5.74, 6) is 0. The summed E-state index contributed by atoms with van der Waals surface area (Å²) in [5, 5.41) is 14.1. The van der Waals surface area contributed by atoms with E-state index in [1.165, 1.54) is 5.56 Å². The van der Waals surface area contributed by atoms with Crippen molar-refractivity contribution in [3.8, 4) is 0 Å². The van der Waals surface area contributed by atoms with Crippen molar-refractivity contribution in [1.82, 2.24) is 0 Å². The van der Waals surface area contributed by atoms with Gasteiger partial charge in [-0.25, -0.2) is 0 Å². The lowest BCUT2D eigenvalue weighted by molar-refractivity contribution is 0.00983. The van der Waals surface area contributed by atoms with E-state index in [1.807, 2.05) is 19.2 Å².